The fourth-order valence-electron chi connectivity index (χ4n) is 6.92. The van der Waals surface area contributed by atoms with Crippen LogP contribution in [0.1, 0.15) is 247 Å². The Morgan fingerprint density at radius 1 is 0.431 bits per heavy atom. The minimum Gasteiger partial charge on any atom is -0.493 e. The molecule has 0 saturated carbocycles. The summed E-state index contributed by atoms with van der Waals surface area (Å²) in [4.78, 5) is 26.1. The molecule has 0 spiro atoms. The monoisotopic (exact) mass is 713 g/mol. The number of nitrogens with one attached hydrogen (secondary N) is 2. The van der Waals surface area contributed by atoms with Crippen LogP contribution in [0.25, 0.3) is 0 Å². The van der Waals surface area contributed by atoms with E-state index in [2.05, 4.69) is 31.4 Å². The highest BCUT2D eigenvalue weighted by atomic mass is 16.5. The molecule has 2 amide bonds. The van der Waals surface area contributed by atoms with E-state index in [0.29, 0.717) is 36.6 Å². The average Bonchev–Trinajstić information content (AvgIpc) is 3.14. The zero-order valence-electron chi connectivity index (χ0n) is 34.2. The van der Waals surface area contributed by atoms with Gasteiger partial charge in [0, 0.05) is 18.7 Å². The molecule has 1 aromatic rings. The fourth-order valence-corrected chi connectivity index (χ4v) is 6.92. The van der Waals surface area contributed by atoms with Crippen LogP contribution < -0.4 is 15.4 Å². The highest BCUT2D eigenvalue weighted by Crippen LogP contribution is 2.22. The van der Waals surface area contributed by atoms with E-state index in [1.54, 1.807) is 18.2 Å². The van der Waals surface area contributed by atoms with Crippen LogP contribution in [0.4, 0.5) is 0 Å². The van der Waals surface area contributed by atoms with Gasteiger partial charge in [0.2, 0.25) is 0 Å². The summed E-state index contributed by atoms with van der Waals surface area (Å²) in [6.45, 7) is 8.68. The number of carbonyl (C=O) groups excluding carboxylic acids is 2. The highest BCUT2D eigenvalue weighted by Gasteiger charge is 2.16. The summed E-state index contributed by atoms with van der Waals surface area (Å²) in [5.74, 6) is 0.326. The van der Waals surface area contributed by atoms with E-state index in [1.807, 2.05) is 0 Å². The summed E-state index contributed by atoms with van der Waals surface area (Å²) in [6, 6.07) is 5.30. The molecule has 5 heteroatoms. The van der Waals surface area contributed by atoms with E-state index in [9.17, 15) is 9.59 Å². The van der Waals surface area contributed by atoms with Crippen LogP contribution in [-0.2, 0) is 0 Å². The average molecular weight is 713 g/mol. The Hall–Kier alpha value is -2.04. The van der Waals surface area contributed by atoms with Gasteiger partial charge in [0.15, 0.2) is 0 Å². The number of benzene rings is 1. The molecule has 0 unspecified atom stereocenters. The summed E-state index contributed by atoms with van der Waals surface area (Å²) < 4.78 is 6.11. The Kier molecular flexibility index (Phi) is 33.5. The normalized spacial score (nSPS) is 11.2. The van der Waals surface area contributed by atoms with Crippen LogP contribution in [0, 0.1) is 0 Å². The number of ether oxygens (including phenoxy) is 1. The SMILES string of the molecule is CCCCCCCCCCCCCCCCNC(=O)c1ccc(C(=O)NCCCCCCCCCCCCCCCC)c(OCCCCCC)c1. The van der Waals surface area contributed by atoms with Crippen molar-refractivity contribution < 1.29 is 14.3 Å². The molecule has 0 bridgehead atoms. The van der Waals surface area contributed by atoms with Gasteiger partial charge < -0.3 is 15.4 Å². The second kappa shape index (κ2) is 36.3. The van der Waals surface area contributed by atoms with Crippen molar-refractivity contribution in [1.29, 1.82) is 0 Å². The Morgan fingerprint density at radius 3 is 1.16 bits per heavy atom. The maximum Gasteiger partial charge on any atom is 0.255 e. The van der Waals surface area contributed by atoms with Crippen molar-refractivity contribution in [3.05, 3.63) is 29.3 Å². The molecule has 0 aliphatic heterocycles. The third-order valence-electron chi connectivity index (χ3n) is 10.4. The molecule has 0 fully saturated rings. The summed E-state index contributed by atoms with van der Waals surface area (Å²) in [7, 11) is 0. The highest BCUT2D eigenvalue weighted by molar-refractivity contribution is 6.00. The third-order valence-corrected chi connectivity index (χ3v) is 10.4. The summed E-state index contributed by atoms with van der Waals surface area (Å²) >= 11 is 0. The lowest BCUT2D eigenvalue weighted by Crippen LogP contribution is -2.26. The predicted octanol–water partition coefficient (Wildman–Crippen LogP) is 14.1. The van der Waals surface area contributed by atoms with Gasteiger partial charge in [-0.25, -0.2) is 0 Å². The topological polar surface area (TPSA) is 67.4 Å². The van der Waals surface area contributed by atoms with Gasteiger partial charge in [-0.15, -0.1) is 0 Å². The van der Waals surface area contributed by atoms with Gasteiger partial charge in [0.05, 0.1) is 12.2 Å². The van der Waals surface area contributed by atoms with Gasteiger partial charge in [-0.1, -0.05) is 207 Å². The molecule has 5 nitrogen and oxygen atoms in total. The Labute approximate surface area is 317 Å². The maximum absolute atomic E-state index is 13.2. The number of rotatable bonds is 38. The lowest BCUT2D eigenvalue weighted by Gasteiger charge is -2.14. The van der Waals surface area contributed by atoms with E-state index in [4.69, 9.17) is 4.74 Å². The second-order valence-electron chi connectivity index (χ2n) is 15.3. The van der Waals surface area contributed by atoms with Crippen molar-refractivity contribution >= 4 is 11.8 Å². The van der Waals surface area contributed by atoms with E-state index in [1.165, 1.54) is 167 Å². The third kappa shape index (κ3) is 28.2. The predicted molar refractivity (Wildman–Crippen MR) is 221 cm³/mol. The maximum atomic E-state index is 13.2. The minimum atomic E-state index is -0.109. The summed E-state index contributed by atoms with van der Waals surface area (Å²) in [5, 5.41) is 6.20. The molecule has 0 saturated heterocycles. The molecule has 0 aliphatic rings. The number of amides is 2. The molecule has 1 aromatic carbocycles. The van der Waals surface area contributed by atoms with Gasteiger partial charge in [0.1, 0.15) is 5.75 Å². The van der Waals surface area contributed by atoms with Gasteiger partial charge in [0.25, 0.3) is 11.8 Å². The number of unbranched alkanes of at least 4 members (excludes halogenated alkanes) is 29. The second-order valence-corrected chi connectivity index (χ2v) is 15.3. The first kappa shape index (κ1) is 47.0. The first-order valence-electron chi connectivity index (χ1n) is 22.5. The lowest BCUT2D eigenvalue weighted by atomic mass is 10.0. The van der Waals surface area contributed by atoms with Crippen molar-refractivity contribution in [1.82, 2.24) is 10.6 Å². The molecular weight excluding hydrogens is 629 g/mol. The molecule has 0 atom stereocenters. The van der Waals surface area contributed by atoms with Gasteiger partial charge >= 0.3 is 0 Å². The van der Waals surface area contributed by atoms with Gasteiger partial charge in [-0.05, 0) is 37.5 Å². The summed E-state index contributed by atoms with van der Waals surface area (Å²) in [5.41, 5.74) is 1.09. The van der Waals surface area contributed by atoms with E-state index in [0.717, 1.165) is 38.5 Å². The van der Waals surface area contributed by atoms with Crippen molar-refractivity contribution in [2.24, 2.45) is 0 Å². The number of carbonyl (C=O) groups is 2. The fraction of sp³-hybridized carbons (Fsp3) is 0.826. The van der Waals surface area contributed by atoms with E-state index in [-0.39, 0.29) is 11.8 Å². The van der Waals surface area contributed by atoms with Crippen LogP contribution in [0.3, 0.4) is 0 Å². The molecular formula is C46H84N2O3. The smallest absolute Gasteiger partial charge is 0.255 e. The van der Waals surface area contributed by atoms with Crippen molar-refractivity contribution in [2.75, 3.05) is 19.7 Å². The van der Waals surface area contributed by atoms with Crippen LogP contribution in [0.15, 0.2) is 18.2 Å². The van der Waals surface area contributed by atoms with Crippen molar-refractivity contribution in [3.63, 3.8) is 0 Å². The standard InChI is InChI=1S/C46H84N2O3/c1-4-7-10-13-15-17-19-21-23-25-27-29-31-33-38-47-45(49)42-36-37-43(44(41-42)51-40-35-12-9-6-3)46(50)48-39-34-32-30-28-26-24-22-20-18-16-14-11-8-5-2/h36-37,41H,4-35,38-40H2,1-3H3,(H,47,49)(H,48,50). The Balaban J connectivity index is 2.29. The quantitative estimate of drug-likeness (QED) is 0.0671. The van der Waals surface area contributed by atoms with Crippen LogP contribution in [-0.4, -0.2) is 31.5 Å². The van der Waals surface area contributed by atoms with E-state index >= 15 is 0 Å². The zero-order valence-corrected chi connectivity index (χ0v) is 34.2. The Morgan fingerprint density at radius 2 is 0.765 bits per heavy atom. The first-order chi connectivity index (χ1) is 25.1. The number of hydrogen-bond donors (Lipinski definition) is 2. The molecule has 296 valence electrons. The number of hydrogen-bond acceptors (Lipinski definition) is 3. The largest absolute Gasteiger partial charge is 0.493 e. The van der Waals surface area contributed by atoms with Crippen LogP contribution in [0.5, 0.6) is 5.75 Å². The molecule has 0 aromatic heterocycles. The molecule has 0 heterocycles. The van der Waals surface area contributed by atoms with Gasteiger partial charge in [-0.2, -0.15) is 0 Å². The molecule has 1 rings (SSSR count). The van der Waals surface area contributed by atoms with Crippen LogP contribution in [0.2, 0.25) is 0 Å². The molecule has 0 aliphatic carbocycles. The van der Waals surface area contributed by atoms with Gasteiger partial charge in [-0.3, -0.25) is 9.59 Å². The van der Waals surface area contributed by atoms with Crippen molar-refractivity contribution in [3.8, 4) is 5.75 Å². The lowest BCUT2D eigenvalue weighted by molar-refractivity contribution is 0.0937. The van der Waals surface area contributed by atoms with Crippen LogP contribution >= 0.6 is 0 Å². The zero-order chi connectivity index (χ0) is 36.9. The van der Waals surface area contributed by atoms with Crippen molar-refractivity contribution in [2.45, 2.75) is 226 Å². The summed E-state index contributed by atoms with van der Waals surface area (Å²) in [6.07, 6.45) is 41.5. The molecule has 0 radical (unpaired) electrons. The molecule has 51 heavy (non-hydrogen) atoms. The Bertz CT molecular complexity index is 933. The molecule has 2 N–H and O–H groups in total. The first-order valence-corrected chi connectivity index (χ1v) is 22.5. The van der Waals surface area contributed by atoms with E-state index < -0.39 is 0 Å². The minimum absolute atomic E-state index is 0.0881.